The van der Waals surface area contributed by atoms with E-state index in [-0.39, 0.29) is 5.91 Å². The number of aromatic nitrogens is 3. The average molecular weight is 371 g/mol. The number of hydrogen-bond donors (Lipinski definition) is 1. The Balaban J connectivity index is 1.33. The third-order valence-corrected chi connectivity index (χ3v) is 5.75. The maximum Gasteiger partial charge on any atom is 0.267 e. The molecule has 146 valence electrons. The van der Waals surface area contributed by atoms with Crippen LogP contribution in [0.15, 0.2) is 30.6 Å². The van der Waals surface area contributed by atoms with Crippen molar-refractivity contribution in [2.24, 2.45) is 13.0 Å². The smallest absolute Gasteiger partial charge is 0.267 e. The Morgan fingerprint density at radius 1 is 1.33 bits per heavy atom. The summed E-state index contributed by atoms with van der Waals surface area (Å²) in [5, 5.41) is 7.59. The standard InChI is InChI=1S/C20H29N5O2/c1-23-10-2-3-19(23)20(26)21-8-4-17-14-24(13-16-6-11-27-12-7-16)15-18-5-9-22-25(17)18/h2-3,5,9-10,16-17H,4,6-8,11-15H2,1H3,(H,21,26). The zero-order chi connectivity index (χ0) is 18.6. The molecule has 7 heteroatoms. The first-order chi connectivity index (χ1) is 13.2. The molecule has 1 saturated heterocycles. The molecular weight excluding hydrogens is 342 g/mol. The van der Waals surface area contributed by atoms with Crippen molar-refractivity contribution in [3.8, 4) is 0 Å². The predicted molar refractivity (Wildman–Crippen MR) is 102 cm³/mol. The van der Waals surface area contributed by atoms with E-state index in [1.165, 1.54) is 5.69 Å². The number of hydrogen-bond acceptors (Lipinski definition) is 4. The van der Waals surface area contributed by atoms with E-state index in [9.17, 15) is 4.79 Å². The minimum absolute atomic E-state index is 0.0157. The van der Waals surface area contributed by atoms with E-state index in [1.807, 2.05) is 36.1 Å². The molecule has 27 heavy (non-hydrogen) atoms. The molecule has 1 atom stereocenters. The van der Waals surface area contributed by atoms with Gasteiger partial charge in [-0.05, 0) is 43.4 Å². The number of fused-ring (bicyclic) bond motifs is 1. The summed E-state index contributed by atoms with van der Waals surface area (Å²) in [4.78, 5) is 14.9. The maximum absolute atomic E-state index is 12.3. The summed E-state index contributed by atoms with van der Waals surface area (Å²) in [6.45, 7) is 5.52. The van der Waals surface area contributed by atoms with Crippen LogP contribution in [0.25, 0.3) is 0 Å². The molecular formula is C20H29N5O2. The summed E-state index contributed by atoms with van der Waals surface area (Å²) in [5.74, 6) is 0.712. The lowest BCUT2D eigenvalue weighted by Gasteiger charge is -2.36. The SMILES string of the molecule is Cn1cccc1C(=O)NCCC1CN(CC2CCOCC2)Cc2ccnn21. The summed E-state index contributed by atoms with van der Waals surface area (Å²) >= 11 is 0. The Morgan fingerprint density at radius 2 is 2.19 bits per heavy atom. The van der Waals surface area contributed by atoms with Crippen molar-refractivity contribution in [1.82, 2.24) is 24.6 Å². The average Bonchev–Trinajstić information content (AvgIpc) is 3.31. The van der Waals surface area contributed by atoms with Crippen molar-refractivity contribution < 1.29 is 9.53 Å². The van der Waals surface area contributed by atoms with E-state index >= 15 is 0 Å². The van der Waals surface area contributed by atoms with Gasteiger partial charge in [0.2, 0.25) is 0 Å². The molecule has 1 unspecified atom stereocenters. The highest BCUT2D eigenvalue weighted by molar-refractivity contribution is 5.92. The number of ether oxygens (including phenoxy) is 1. The van der Waals surface area contributed by atoms with Crippen molar-refractivity contribution >= 4 is 5.91 Å². The van der Waals surface area contributed by atoms with E-state index in [0.29, 0.717) is 18.3 Å². The number of amides is 1. The number of rotatable bonds is 6. The molecule has 7 nitrogen and oxygen atoms in total. The first kappa shape index (κ1) is 18.3. The molecule has 0 spiro atoms. The van der Waals surface area contributed by atoms with Crippen LogP contribution < -0.4 is 5.32 Å². The number of carbonyl (C=O) groups excluding carboxylic acids is 1. The Bertz CT molecular complexity index is 762. The van der Waals surface area contributed by atoms with Crippen LogP contribution in [-0.2, 0) is 18.3 Å². The van der Waals surface area contributed by atoms with Gasteiger partial charge in [0.15, 0.2) is 0 Å². The predicted octanol–water partition coefficient (Wildman–Crippen LogP) is 1.82. The fourth-order valence-corrected chi connectivity index (χ4v) is 4.25. The number of nitrogens with one attached hydrogen (secondary N) is 1. The van der Waals surface area contributed by atoms with Crippen LogP contribution in [0, 0.1) is 5.92 Å². The third-order valence-electron chi connectivity index (χ3n) is 5.75. The van der Waals surface area contributed by atoms with E-state index in [2.05, 4.69) is 26.1 Å². The lowest BCUT2D eigenvalue weighted by Crippen LogP contribution is -2.42. The molecule has 2 aliphatic rings. The number of carbonyl (C=O) groups is 1. The van der Waals surface area contributed by atoms with Gasteiger partial charge in [0.25, 0.3) is 5.91 Å². The third kappa shape index (κ3) is 4.25. The number of nitrogens with zero attached hydrogens (tertiary/aromatic N) is 4. The quantitative estimate of drug-likeness (QED) is 0.841. The van der Waals surface area contributed by atoms with Crippen molar-refractivity contribution in [2.75, 3.05) is 32.8 Å². The molecule has 2 aliphatic heterocycles. The van der Waals surface area contributed by atoms with Crippen molar-refractivity contribution in [2.45, 2.75) is 31.8 Å². The minimum atomic E-state index is -0.0157. The Morgan fingerprint density at radius 3 is 2.96 bits per heavy atom. The lowest BCUT2D eigenvalue weighted by molar-refractivity contribution is 0.0443. The van der Waals surface area contributed by atoms with Crippen molar-refractivity contribution in [1.29, 1.82) is 0 Å². The molecule has 0 bridgehead atoms. The van der Waals surface area contributed by atoms with Crippen LogP contribution in [0.3, 0.4) is 0 Å². The maximum atomic E-state index is 12.3. The molecule has 0 aromatic carbocycles. The second kappa shape index (κ2) is 8.27. The monoisotopic (exact) mass is 371 g/mol. The first-order valence-electron chi connectivity index (χ1n) is 9.92. The highest BCUT2D eigenvalue weighted by atomic mass is 16.5. The number of aryl methyl sites for hydroxylation is 1. The second-order valence-corrected chi connectivity index (χ2v) is 7.72. The highest BCUT2D eigenvalue weighted by Gasteiger charge is 2.27. The zero-order valence-electron chi connectivity index (χ0n) is 16.0. The molecule has 1 amide bonds. The molecule has 4 rings (SSSR count). The Labute approximate surface area is 160 Å². The van der Waals surface area contributed by atoms with Crippen LogP contribution in [-0.4, -0.2) is 58.0 Å². The van der Waals surface area contributed by atoms with Gasteiger partial charge in [-0.1, -0.05) is 0 Å². The highest BCUT2D eigenvalue weighted by Crippen LogP contribution is 2.25. The van der Waals surface area contributed by atoms with Gasteiger partial charge in [-0.2, -0.15) is 5.10 Å². The summed E-state index contributed by atoms with van der Waals surface area (Å²) in [6.07, 6.45) is 6.98. The first-order valence-corrected chi connectivity index (χ1v) is 9.92. The Kier molecular flexibility index (Phi) is 5.59. The van der Waals surface area contributed by atoms with Gasteiger partial charge in [0, 0.05) is 58.8 Å². The van der Waals surface area contributed by atoms with E-state index < -0.39 is 0 Å². The molecule has 0 radical (unpaired) electrons. The largest absolute Gasteiger partial charge is 0.381 e. The van der Waals surface area contributed by atoms with Crippen molar-refractivity contribution in [3.63, 3.8) is 0 Å². The van der Waals surface area contributed by atoms with Gasteiger partial charge in [0.05, 0.1) is 11.7 Å². The van der Waals surface area contributed by atoms with E-state index in [4.69, 9.17) is 4.74 Å². The molecule has 4 heterocycles. The fourth-order valence-electron chi connectivity index (χ4n) is 4.25. The summed E-state index contributed by atoms with van der Waals surface area (Å²) < 4.78 is 9.49. The second-order valence-electron chi connectivity index (χ2n) is 7.72. The van der Waals surface area contributed by atoms with Crippen molar-refractivity contribution in [3.05, 3.63) is 42.0 Å². The summed E-state index contributed by atoms with van der Waals surface area (Å²) in [6, 6.07) is 6.15. The lowest BCUT2D eigenvalue weighted by atomic mass is 9.98. The normalized spacial score (nSPS) is 21.1. The van der Waals surface area contributed by atoms with Crippen LogP contribution in [0.5, 0.6) is 0 Å². The van der Waals surface area contributed by atoms with Gasteiger partial charge < -0.3 is 14.6 Å². The fraction of sp³-hybridized carbons (Fsp3) is 0.600. The molecule has 1 fully saturated rings. The zero-order valence-corrected chi connectivity index (χ0v) is 16.0. The van der Waals surface area contributed by atoms with Crippen LogP contribution in [0.4, 0.5) is 0 Å². The molecule has 0 aliphatic carbocycles. The molecule has 2 aromatic rings. The minimum Gasteiger partial charge on any atom is -0.381 e. The van der Waals surface area contributed by atoms with Gasteiger partial charge in [-0.15, -0.1) is 0 Å². The van der Waals surface area contributed by atoms with Crippen LogP contribution in [0.2, 0.25) is 0 Å². The van der Waals surface area contributed by atoms with E-state index in [1.54, 1.807) is 0 Å². The Hall–Kier alpha value is -2.12. The van der Waals surface area contributed by atoms with Gasteiger partial charge in [0.1, 0.15) is 5.69 Å². The van der Waals surface area contributed by atoms with Crippen LogP contribution in [0.1, 0.15) is 41.5 Å². The molecule has 0 saturated carbocycles. The van der Waals surface area contributed by atoms with Gasteiger partial charge in [-0.25, -0.2) is 0 Å². The summed E-state index contributed by atoms with van der Waals surface area (Å²) in [5.41, 5.74) is 1.96. The van der Waals surface area contributed by atoms with Gasteiger partial charge >= 0.3 is 0 Å². The summed E-state index contributed by atoms with van der Waals surface area (Å²) in [7, 11) is 1.89. The van der Waals surface area contributed by atoms with Gasteiger partial charge in [-0.3, -0.25) is 14.4 Å². The van der Waals surface area contributed by atoms with E-state index in [0.717, 1.165) is 58.0 Å². The molecule has 2 aromatic heterocycles. The molecule has 1 N–H and O–H groups in total. The van der Waals surface area contributed by atoms with Crippen LogP contribution >= 0.6 is 0 Å². The topological polar surface area (TPSA) is 64.3 Å².